The van der Waals surface area contributed by atoms with Crippen LogP contribution >= 0.6 is 14.7 Å². The highest BCUT2D eigenvalue weighted by Gasteiger charge is 2.09. The van der Waals surface area contributed by atoms with Crippen molar-refractivity contribution >= 4 is 33.3 Å². The summed E-state index contributed by atoms with van der Waals surface area (Å²) in [7, 11) is 19.1. The summed E-state index contributed by atoms with van der Waals surface area (Å²) in [5.74, 6) is 1.08. The van der Waals surface area contributed by atoms with Crippen LogP contribution in [0.5, 0.6) is 0 Å². The highest BCUT2D eigenvalue weighted by molar-refractivity contribution is 7.61. The Morgan fingerprint density at radius 1 is 0.711 bits per heavy atom. The average Bonchev–Trinajstić information content (AvgIpc) is 2.91. The fraction of sp³-hybridized carbons (Fsp3) is 0.900. The molecular formula is C30H85N7O6P2. The van der Waals surface area contributed by atoms with Crippen LogP contribution in [0.1, 0.15) is 62.3 Å². The number of amidine groups is 1. The standard InChI is InChI=1S/C6H13NO.C5H12N2.2C3H9N.C3H9O3P.C3H9OP.2C2H6.2CH5N.CH2O/c1-5(8)7-6(2,3)4;1-5(6-2)7(3)4;2*1-4(2)3;1-5-7(3,4)6-2;1-5(2,3)4;5*1-2/h1-4H3,(H,7,8);1-4H3;2*1-3H3;1-3H3;1-3H3;2*1-2H3;2*2H2,1H3;1H2. The zero-order valence-corrected chi connectivity index (χ0v) is 36.8. The fourth-order valence-corrected chi connectivity index (χ4v) is 0.952. The number of nitrogens with one attached hydrogen (secondary N) is 1. The number of amides is 1. The molecule has 0 rings (SSSR count). The Labute approximate surface area is 283 Å². The van der Waals surface area contributed by atoms with Gasteiger partial charge in [0.2, 0.25) is 5.91 Å². The topological polar surface area (TPSA) is 173 Å². The lowest BCUT2D eigenvalue weighted by atomic mass is 10.1. The molecular weight excluding hydrogens is 616 g/mol. The largest absolute Gasteiger partial charge is 0.367 e. The van der Waals surface area contributed by atoms with Crippen molar-refractivity contribution in [1.82, 2.24) is 20.0 Å². The molecule has 0 aliphatic heterocycles. The maximum Gasteiger partial charge on any atom is 0.327 e. The second-order valence-electron chi connectivity index (χ2n) is 10.3. The van der Waals surface area contributed by atoms with Gasteiger partial charge in [-0.15, -0.1) is 0 Å². The van der Waals surface area contributed by atoms with Gasteiger partial charge in [0, 0.05) is 54.5 Å². The third-order valence-electron chi connectivity index (χ3n) is 2.19. The van der Waals surface area contributed by atoms with E-state index in [4.69, 9.17) is 4.79 Å². The summed E-state index contributed by atoms with van der Waals surface area (Å²) in [4.78, 5) is 28.3. The first-order valence-electron chi connectivity index (χ1n) is 14.5. The molecule has 0 unspecified atom stereocenters. The lowest BCUT2D eigenvalue weighted by Gasteiger charge is -2.18. The summed E-state index contributed by atoms with van der Waals surface area (Å²) >= 11 is 0. The first-order valence-corrected chi connectivity index (χ1v) is 19.5. The fourth-order valence-electron chi connectivity index (χ4n) is 0.803. The van der Waals surface area contributed by atoms with Crippen molar-refractivity contribution in [3.63, 3.8) is 0 Å². The van der Waals surface area contributed by atoms with Gasteiger partial charge in [-0.05, 0) is 104 Å². The van der Waals surface area contributed by atoms with Crippen LogP contribution in [0, 0.1) is 0 Å². The summed E-state index contributed by atoms with van der Waals surface area (Å²) in [6.07, 6.45) is 0. The van der Waals surface area contributed by atoms with Crippen LogP contribution < -0.4 is 16.8 Å². The van der Waals surface area contributed by atoms with Crippen molar-refractivity contribution in [2.45, 2.75) is 67.9 Å². The van der Waals surface area contributed by atoms with E-state index in [-0.39, 0.29) is 11.4 Å². The molecule has 0 fully saturated rings. The van der Waals surface area contributed by atoms with E-state index in [2.05, 4.69) is 30.8 Å². The summed E-state index contributed by atoms with van der Waals surface area (Å²) in [6.45, 7) is 26.0. The molecule has 0 aliphatic carbocycles. The monoisotopic (exact) mass is 702 g/mol. The third kappa shape index (κ3) is 285. The molecule has 0 spiro atoms. The number of aliphatic imine (C=N–C) groups is 1. The molecule has 0 saturated heterocycles. The molecule has 0 saturated carbocycles. The molecule has 5 N–H and O–H groups in total. The van der Waals surface area contributed by atoms with Gasteiger partial charge in [0.25, 0.3) is 0 Å². The molecule has 45 heavy (non-hydrogen) atoms. The highest BCUT2D eigenvalue weighted by Crippen LogP contribution is 2.40. The maximum absolute atomic E-state index is 10.5. The maximum atomic E-state index is 10.5. The van der Waals surface area contributed by atoms with Gasteiger partial charge in [0.05, 0.1) is 13.0 Å². The van der Waals surface area contributed by atoms with Gasteiger partial charge >= 0.3 is 7.60 Å². The number of nitrogens with two attached hydrogens (primary N) is 2. The van der Waals surface area contributed by atoms with Crippen molar-refractivity contribution in [3.05, 3.63) is 0 Å². The van der Waals surface area contributed by atoms with Crippen molar-refractivity contribution in [2.24, 2.45) is 16.5 Å². The van der Waals surface area contributed by atoms with Gasteiger partial charge in [0.15, 0.2) is 0 Å². The number of hydrogen-bond donors (Lipinski definition) is 3. The molecule has 1 amide bonds. The Balaban J connectivity index is -0.0000000328. The highest BCUT2D eigenvalue weighted by atomic mass is 31.2. The summed E-state index contributed by atoms with van der Waals surface area (Å²) in [5.41, 5.74) is 8.92. The quantitative estimate of drug-likeness (QED) is 0.195. The minimum atomic E-state index is -2.65. The minimum Gasteiger partial charge on any atom is -0.367 e. The van der Waals surface area contributed by atoms with Crippen LogP contribution in [0.15, 0.2) is 4.99 Å². The van der Waals surface area contributed by atoms with Crippen LogP contribution in [0.25, 0.3) is 0 Å². The molecule has 286 valence electrons. The lowest BCUT2D eigenvalue weighted by molar-refractivity contribution is -0.120. The molecule has 0 aromatic rings. The molecule has 0 radical (unpaired) electrons. The first kappa shape index (κ1) is 74.6. The number of carbonyl (C=O) groups is 2. The normalized spacial score (nSPS) is 9.16. The molecule has 0 aromatic carbocycles. The second kappa shape index (κ2) is 58.4. The van der Waals surface area contributed by atoms with E-state index in [9.17, 15) is 13.9 Å². The molecule has 15 heteroatoms. The van der Waals surface area contributed by atoms with E-state index in [1.165, 1.54) is 41.9 Å². The zero-order chi connectivity index (χ0) is 40.2. The molecule has 0 bridgehead atoms. The zero-order valence-electron chi connectivity index (χ0n) is 35.0. The minimum absolute atomic E-state index is 0.0255. The summed E-state index contributed by atoms with van der Waals surface area (Å²) in [5, 5.41) is 2.74. The number of hydrogen-bond acceptors (Lipinski definition) is 11. The van der Waals surface area contributed by atoms with Gasteiger partial charge in [0.1, 0.15) is 6.79 Å². The lowest BCUT2D eigenvalue weighted by Crippen LogP contribution is -2.38. The second-order valence-corrected chi connectivity index (χ2v) is 16.4. The van der Waals surface area contributed by atoms with E-state index >= 15 is 0 Å². The van der Waals surface area contributed by atoms with Crippen LogP contribution in [-0.2, 0) is 27.8 Å². The Morgan fingerprint density at radius 2 is 0.889 bits per heavy atom. The van der Waals surface area contributed by atoms with Crippen molar-refractivity contribution in [1.29, 1.82) is 0 Å². The molecule has 0 atom stereocenters. The van der Waals surface area contributed by atoms with E-state index in [0.29, 0.717) is 0 Å². The van der Waals surface area contributed by atoms with E-state index in [1.807, 2.05) is 133 Å². The van der Waals surface area contributed by atoms with Gasteiger partial charge in [-0.25, -0.2) is 0 Å². The molecule has 0 heterocycles. The Morgan fingerprint density at radius 3 is 0.889 bits per heavy atom. The molecule has 0 aromatic heterocycles. The Hall–Kier alpha value is -1.17. The molecule has 13 nitrogen and oxygen atoms in total. The van der Waals surface area contributed by atoms with Crippen molar-refractivity contribution < 1.29 is 27.8 Å². The van der Waals surface area contributed by atoms with Gasteiger partial charge < -0.3 is 49.9 Å². The van der Waals surface area contributed by atoms with Gasteiger partial charge in [-0.3, -0.25) is 14.4 Å². The third-order valence-corrected chi connectivity index (χ3v) is 3.51. The average molecular weight is 702 g/mol. The SMILES string of the molecule is C=O.CC.CC.CC(=O)NC(C)(C)C.CN.CN.CN(C)C.CN(C)C.CN=C(C)N(C)C.COP(C)(=O)OC.CP(C)(C)=O. The predicted molar refractivity (Wildman–Crippen MR) is 208 cm³/mol. The first-order chi connectivity index (χ1) is 20.2. The van der Waals surface area contributed by atoms with Crippen molar-refractivity contribution in [2.75, 3.05) is 118 Å². The van der Waals surface area contributed by atoms with Gasteiger partial charge in [-0.2, -0.15) is 0 Å². The van der Waals surface area contributed by atoms with Gasteiger partial charge in [-0.1, -0.05) is 27.7 Å². The van der Waals surface area contributed by atoms with E-state index in [1.54, 1.807) is 27.0 Å². The number of nitrogens with zero attached hydrogens (tertiary/aromatic N) is 4. The van der Waals surface area contributed by atoms with Crippen LogP contribution in [0.2, 0.25) is 0 Å². The number of rotatable bonds is 2. The smallest absolute Gasteiger partial charge is 0.327 e. The Kier molecular flexibility index (Phi) is 96.8. The van der Waals surface area contributed by atoms with Crippen molar-refractivity contribution in [3.8, 4) is 0 Å². The van der Waals surface area contributed by atoms with Crippen LogP contribution in [0.4, 0.5) is 0 Å². The number of carbonyl (C=O) groups excluding carboxylic acids is 2. The van der Waals surface area contributed by atoms with Crippen LogP contribution in [-0.4, -0.2) is 157 Å². The van der Waals surface area contributed by atoms with Crippen LogP contribution in [0.3, 0.4) is 0 Å². The predicted octanol–water partition coefficient (Wildman–Crippen LogP) is 5.23. The van der Waals surface area contributed by atoms with E-state index < -0.39 is 14.7 Å². The molecule has 0 aliphatic rings. The summed E-state index contributed by atoms with van der Waals surface area (Å²) < 4.78 is 29.6. The summed E-state index contributed by atoms with van der Waals surface area (Å²) in [6, 6.07) is 0. The Bertz CT molecular complexity index is 599. The van der Waals surface area contributed by atoms with E-state index in [0.717, 1.165) is 5.84 Å².